The molecule has 102 valence electrons. The molecule has 0 spiro atoms. The van der Waals surface area contributed by atoms with E-state index in [1.807, 2.05) is 24.3 Å². The third-order valence-electron chi connectivity index (χ3n) is 3.50. The van der Waals surface area contributed by atoms with Gasteiger partial charge in [0.1, 0.15) is 0 Å². The Kier molecular flexibility index (Phi) is 4.00. The Morgan fingerprint density at radius 1 is 1.21 bits per heavy atom. The molecule has 1 aromatic carbocycles. The molecule has 1 aromatic heterocycles. The summed E-state index contributed by atoms with van der Waals surface area (Å²) in [5.41, 5.74) is 7.82. The highest BCUT2D eigenvalue weighted by molar-refractivity contribution is 5.54. The van der Waals surface area contributed by atoms with Gasteiger partial charge < -0.3 is 10.3 Å². The van der Waals surface area contributed by atoms with Crippen molar-refractivity contribution in [3.63, 3.8) is 0 Å². The lowest BCUT2D eigenvalue weighted by molar-refractivity contribution is 0.285. The first kappa shape index (κ1) is 13.7. The van der Waals surface area contributed by atoms with E-state index in [9.17, 15) is 0 Å². The predicted octanol–water partition coefficient (Wildman–Crippen LogP) is 3.17. The van der Waals surface area contributed by atoms with Crippen molar-refractivity contribution in [3.8, 4) is 11.4 Å². The second kappa shape index (κ2) is 5.53. The Morgan fingerprint density at radius 3 is 2.47 bits per heavy atom. The lowest BCUT2D eigenvalue weighted by Gasteiger charge is -2.19. The van der Waals surface area contributed by atoms with Crippen molar-refractivity contribution in [3.05, 3.63) is 35.7 Å². The number of nitrogens with zero attached hydrogens (tertiary/aromatic N) is 2. The molecular weight excluding hydrogens is 238 g/mol. The van der Waals surface area contributed by atoms with Gasteiger partial charge in [-0.15, -0.1) is 0 Å². The minimum absolute atomic E-state index is 0.188. The minimum Gasteiger partial charge on any atom is -0.339 e. The topological polar surface area (TPSA) is 64.9 Å². The Hall–Kier alpha value is -1.68. The zero-order chi connectivity index (χ0) is 13.9. The Morgan fingerprint density at radius 2 is 1.89 bits per heavy atom. The molecule has 4 heteroatoms. The van der Waals surface area contributed by atoms with E-state index in [0.29, 0.717) is 18.3 Å². The van der Waals surface area contributed by atoms with Crippen LogP contribution in [0.1, 0.15) is 38.6 Å². The van der Waals surface area contributed by atoms with Gasteiger partial charge >= 0.3 is 0 Å². The second-order valence-electron chi connectivity index (χ2n) is 5.61. The molecule has 4 nitrogen and oxygen atoms in total. The number of benzene rings is 1. The number of aromatic nitrogens is 2. The van der Waals surface area contributed by atoms with Crippen LogP contribution in [0.2, 0.25) is 0 Å². The molecule has 2 rings (SSSR count). The van der Waals surface area contributed by atoms with Crippen LogP contribution in [0.4, 0.5) is 0 Å². The molecule has 0 amide bonds. The summed E-state index contributed by atoms with van der Waals surface area (Å²) in [4.78, 5) is 4.46. The van der Waals surface area contributed by atoms with Gasteiger partial charge in [-0.05, 0) is 11.0 Å². The van der Waals surface area contributed by atoms with Gasteiger partial charge in [-0.3, -0.25) is 0 Å². The molecule has 0 saturated carbocycles. The molecule has 0 aliphatic rings. The standard InChI is InChI=1S/C15H21N3O/c1-4-15(2,3)9-13-17-14(18-19-13)12-7-5-11(10-16)6-8-12/h5-8H,4,9-10,16H2,1-3H3. The molecule has 19 heavy (non-hydrogen) atoms. The fourth-order valence-corrected chi connectivity index (χ4v) is 1.77. The average molecular weight is 259 g/mol. The molecule has 0 unspecified atom stereocenters. The van der Waals surface area contributed by atoms with Crippen LogP contribution in [0.3, 0.4) is 0 Å². The predicted molar refractivity (Wildman–Crippen MR) is 75.4 cm³/mol. The van der Waals surface area contributed by atoms with E-state index in [1.165, 1.54) is 0 Å². The molecule has 0 bridgehead atoms. The maximum absolute atomic E-state index is 5.58. The molecule has 1 heterocycles. The van der Waals surface area contributed by atoms with Gasteiger partial charge in [0.15, 0.2) is 0 Å². The molecule has 0 aliphatic carbocycles. The van der Waals surface area contributed by atoms with Crippen molar-refractivity contribution in [1.29, 1.82) is 0 Å². The Labute approximate surface area is 114 Å². The van der Waals surface area contributed by atoms with Crippen LogP contribution >= 0.6 is 0 Å². The Bertz CT molecular complexity index is 529. The highest BCUT2D eigenvalue weighted by atomic mass is 16.5. The average Bonchev–Trinajstić information content (AvgIpc) is 2.86. The molecule has 0 atom stereocenters. The van der Waals surface area contributed by atoms with Crippen molar-refractivity contribution in [1.82, 2.24) is 10.1 Å². The molecule has 0 aliphatic heterocycles. The summed E-state index contributed by atoms with van der Waals surface area (Å²) in [6.07, 6.45) is 1.88. The number of hydrogen-bond donors (Lipinski definition) is 1. The van der Waals surface area contributed by atoms with Crippen LogP contribution in [-0.4, -0.2) is 10.1 Å². The number of rotatable bonds is 5. The van der Waals surface area contributed by atoms with E-state index < -0.39 is 0 Å². The van der Waals surface area contributed by atoms with E-state index in [2.05, 4.69) is 30.9 Å². The SMILES string of the molecule is CCC(C)(C)Cc1nc(-c2ccc(CN)cc2)no1. The second-order valence-corrected chi connectivity index (χ2v) is 5.61. The highest BCUT2D eigenvalue weighted by Crippen LogP contribution is 2.26. The summed E-state index contributed by atoms with van der Waals surface area (Å²) in [6.45, 7) is 7.12. The first-order valence-electron chi connectivity index (χ1n) is 6.66. The maximum Gasteiger partial charge on any atom is 0.227 e. The molecular formula is C15H21N3O. The van der Waals surface area contributed by atoms with Crippen LogP contribution in [0, 0.1) is 5.41 Å². The monoisotopic (exact) mass is 259 g/mol. The third kappa shape index (κ3) is 3.41. The highest BCUT2D eigenvalue weighted by Gasteiger charge is 2.20. The summed E-state index contributed by atoms with van der Waals surface area (Å²) < 4.78 is 5.33. The lowest BCUT2D eigenvalue weighted by atomic mass is 9.86. The normalized spacial score (nSPS) is 11.8. The summed E-state index contributed by atoms with van der Waals surface area (Å²) >= 11 is 0. The van der Waals surface area contributed by atoms with Crippen molar-refractivity contribution in [2.75, 3.05) is 0 Å². The van der Waals surface area contributed by atoms with Gasteiger partial charge in [-0.2, -0.15) is 4.98 Å². The van der Waals surface area contributed by atoms with E-state index in [0.717, 1.165) is 24.0 Å². The van der Waals surface area contributed by atoms with Gasteiger partial charge in [0.05, 0.1) is 0 Å². The zero-order valence-corrected chi connectivity index (χ0v) is 11.8. The minimum atomic E-state index is 0.188. The van der Waals surface area contributed by atoms with Crippen LogP contribution < -0.4 is 5.73 Å². The summed E-state index contributed by atoms with van der Waals surface area (Å²) in [7, 11) is 0. The Balaban J connectivity index is 2.16. The van der Waals surface area contributed by atoms with E-state index in [-0.39, 0.29) is 5.41 Å². The van der Waals surface area contributed by atoms with Crippen molar-refractivity contribution in [2.24, 2.45) is 11.1 Å². The molecule has 0 radical (unpaired) electrons. The van der Waals surface area contributed by atoms with Crippen molar-refractivity contribution >= 4 is 0 Å². The van der Waals surface area contributed by atoms with E-state index >= 15 is 0 Å². The summed E-state index contributed by atoms with van der Waals surface area (Å²) in [5.74, 6) is 1.34. The van der Waals surface area contributed by atoms with E-state index in [1.54, 1.807) is 0 Å². The van der Waals surface area contributed by atoms with Crippen molar-refractivity contribution in [2.45, 2.75) is 40.2 Å². The lowest BCUT2D eigenvalue weighted by Crippen LogP contribution is -2.13. The summed E-state index contributed by atoms with van der Waals surface area (Å²) in [6, 6.07) is 7.92. The maximum atomic E-state index is 5.58. The van der Waals surface area contributed by atoms with E-state index in [4.69, 9.17) is 10.3 Å². The first-order chi connectivity index (χ1) is 9.04. The van der Waals surface area contributed by atoms with Gasteiger partial charge in [0.2, 0.25) is 11.7 Å². The number of nitrogens with two attached hydrogens (primary N) is 1. The van der Waals surface area contributed by atoms with Gasteiger partial charge in [0, 0.05) is 18.5 Å². The molecule has 2 aromatic rings. The first-order valence-corrected chi connectivity index (χ1v) is 6.66. The van der Waals surface area contributed by atoms with Crippen molar-refractivity contribution < 1.29 is 4.52 Å². The number of hydrogen-bond acceptors (Lipinski definition) is 4. The molecule has 0 saturated heterocycles. The fourth-order valence-electron chi connectivity index (χ4n) is 1.77. The van der Waals surface area contributed by atoms with Gasteiger partial charge in [-0.25, -0.2) is 0 Å². The van der Waals surface area contributed by atoms with Crippen LogP contribution in [-0.2, 0) is 13.0 Å². The quantitative estimate of drug-likeness (QED) is 0.895. The van der Waals surface area contributed by atoms with Gasteiger partial charge in [0.25, 0.3) is 0 Å². The smallest absolute Gasteiger partial charge is 0.227 e. The fraction of sp³-hybridized carbons (Fsp3) is 0.467. The van der Waals surface area contributed by atoms with Crippen LogP contribution in [0.25, 0.3) is 11.4 Å². The summed E-state index contributed by atoms with van der Waals surface area (Å²) in [5, 5.41) is 4.04. The molecule has 0 fully saturated rings. The van der Waals surface area contributed by atoms with Gasteiger partial charge in [-0.1, -0.05) is 56.6 Å². The largest absolute Gasteiger partial charge is 0.339 e. The van der Waals surface area contributed by atoms with Crippen LogP contribution in [0.15, 0.2) is 28.8 Å². The molecule has 2 N–H and O–H groups in total. The zero-order valence-electron chi connectivity index (χ0n) is 11.8. The third-order valence-corrected chi connectivity index (χ3v) is 3.50. The van der Waals surface area contributed by atoms with Crippen LogP contribution in [0.5, 0.6) is 0 Å².